The van der Waals surface area contributed by atoms with Crippen molar-refractivity contribution in [1.82, 2.24) is 14.9 Å². The molecule has 0 unspecified atom stereocenters. The van der Waals surface area contributed by atoms with Crippen LogP contribution in [0, 0.1) is 13.8 Å². The van der Waals surface area contributed by atoms with Gasteiger partial charge in [-0.15, -0.1) is 10.2 Å². The first-order chi connectivity index (χ1) is 14.4. The van der Waals surface area contributed by atoms with Crippen molar-refractivity contribution in [3.8, 4) is 11.5 Å². The molecule has 0 radical (unpaired) electrons. The van der Waals surface area contributed by atoms with Gasteiger partial charge in [-0.3, -0.25) is 0 Å². The Hall–Kier alpha value is -3.29. The average Bonchev–Trinajstić information content (AvgIpc) is 3.25. The highest BCUT2D eigenvalue weighted by atomic mass is 32.2. The molecule has 1 atom stereocenters. The lowest BCUT2D eigenvalue weighted by Crippen LogP contribution is -2.29. The number of rotatable bonds is 6. The van der Waals surface area contributed by atoms with Gasteiger partial charge in [0.25, 0.3) is 0 Å². The molecule has 4 rings (SSSR count). The van der Waals surface area contributed by atoms with Gasteiger partial charge in [-0.2, -0.15) is 4.72 Å². The molecule has 0 spiro atoms. The van der Waals surface area contributed by atoms with E-state index in [1.807, 2.05) is 74.5 Å². The van der Waals surface area contributed by atoms with Crippen molar-refractivity contribution in [2.75, 3.05) is 0 Å². The highest BCUT2D eigenvalue weighted by Crippen LogP contribution is 2.27. The number of nitrogens with zero attached hydrogens (tertiary/aromatic N) is 2. The van der Waals surface area contributed by atoms with Crippen molar-refractivity contribution in [3.05, 3.63) is 101 Å². The fourth-order valence-corrected chi connectivity index (χ4v) is 4.32. The predicted molar refractivity (Wildman–Crippen MR) is 114 cm³/mol. The second-order valence-electron chi connectivity index (χ2n) is 7.02. The van der Waals surface area contributed by atoms with Gasteiger partial charge in [-0.1, -0.05) is 54.6 Å². The van der Waals surface area contributed by atoms with Gasteiger partial charge >= 0.3 is 0 Å². The first-order valence-corrected chi connectivity index (χ1v) is 11.0. The normalized spacial score (nSPS) is 12.6. The van der Waals surface area contributed by atoms with E-state index >= 15 is 0 Å². The first kappa shape index (κ1) is 20.0. The van der Waals surface area contributed by atoms with Crippen LogP contribution >= 0.6 is 0 Å². The van der Waals surface area contributed by atoms with Crippen molar-refractivity contribution in [1.29, 1.82) is 0 Å². The fourth-order valence-electron chi connectivity index (χ4n) is 3.06. The highest BCUT2D eigenvalue weighted by Gasteiger charge is 2.27. The molecule has 4 aromatic rings. The topological polar surface area (TPSA) is 85.1 Å². The summed E-state index contributed by atoms with van der Waals surface area (Å²) >= 11 is 0. The molecule has 3 aromatic carbocycles. The maximum atomic E-state index is 13.1. The van der Waals surface area contributed by atoms with Crippen molar-refractivity contribution in [2.45, 2.75) is 24.8 Å². The lowest BCUT2D eigenvalue weighted by atomic mass is 10.1. The SMILES string of the molecule is Cc1ccc(S(=O)(=O)N[C@H](c2ccccc2)c2nnc(-c3ccccc3)o2)cc1C. The molecule has 7 heteroatoms. The van der Waals surface area contributed by atoms with Gasteiger partial charge in [0.15, 0.2) is 0 Å². The number of aryl methyl sites for hydroxylation is 2. The second kappa shape index (κ2) is 8.22. The smallest absolute Gasteiger partial charge is 0.247 e. The van der Waals surface area contributed by atoms with Crippen LogP contribution < -0.4 is 4.72 Å². The molecule has 0 saturated carbocycles. The second-order valence-corrected chi connectivity index (χ2v) is 8.74. The van der Waals surface area contributed by atoms with Crippen molar-refractivity contribution >= 4 is 10.0 Å². The minimum absolute atomic E-state index is 0.174. The third kappa shape index (κ3) is 4.17. The molecule has 0 aliphatic carbocycles. The zero-order chi connectivity index (χ0) is 21.1. The summed E-state index contributed by atoms with van der Waals surface area (Å²) in [5, 5.41) is 8.25. The molecule has 0 amide bonds. The number of hydrogen-bond acceptors (Lipinski definition) is 5. The van der Waals surface area contributed by atoms with Crippen molar-refractivity contribution in [2.24, 2.45) is 0 Å². The summed E-state index contributed by atoms with van der Waals surface area (Å²) in [6.45, 7) is 3.82. The summed E-state index contributed by atoms with van der Waals surface area (Å²) in [6.07, 6.45) is 0. The molecule has 1 N–H and O–H groups in total. The van der Waals surface area contributed by atoms with Crippen LogP contribution in [0.3, 0.4) is 0 Å². The Morgan fingerprint density at radius 3 is 2.17 bits per heavy atom. The molecule has 1 aromatic heterocycles. The third-order valence-corrected chi connectivity index (χ3v) is 6.32. The maximum absolute atomic E-state index is 13.1. The Kier molecular flexibility index (Phi) is 5.48. The Morgan fingerprint density at radius 2 is 1.50 bits per heavy atom. The number of aromatic nitrogens is 2. The van der Waals surface area contributed by atoms with Crippen LogP contribution in [0.25, 0.3) is 11.5 Å². The predicted octanol–water partition coefficient (Wildman–Crippen LogP) is 4.42. The van der Waals surface area contributed by atoms with E-state index in [-0.39, 0.29) is 10.8 Å². The molecule has 0 saturated heterocycles. The summed E-state index contributed by atoms with van der Waals surface area (Å²) in [5.41, 5.74) is 3.39. The number of sulfonamides is 1. The fraction of sp³-hybridized carbons (Fsp3) is 0.130. The summed E-state index contributed by atoms with van der Waals surface area (Å²) in [7, 11) is -3.83. The van der Waals surface area contributed by atoms with Gasteiger partial charge < -0.3 is 4.42 Å². The quantitative estimate of drug-likeness (QED) is 0.500. The number of hydrogen-bond donors (Lipinski definition) is 1. The summed E-state index contributed by atoms with van der Waals surface area (Å²) in [5.74, 6) is 0.504. The molecular formula is C23H21N3O3S. The third-order valence-electron chi connectivity index (χ3n) is 4.90. The Morgan fingerprint density at radius 1 is 0.833 bits per heavy atom. The monoisotopic (exact) mass is 419 g/mol. The molecular weight excluding hydrogens is 398 g/mol. The average molecular weight is 420 g/mol. The van der Waals surface area contributed by atoms with Crippen LogP contribution in [0.1, 0.15) is 28.6 Å². The number of nitrogens with one attached hydrogen (secondary N) is 1. The van der Waals surface area contributed by atoms with E-state index in [9.17, 15) is 8.42 Å². The molecule has 6 nitrogen and oxygen atoms in total. The minimum atomic E-state index is -3.83. The zero-order valence-electron chi connectivity index (χ0n) is 16.6. The summed E-state index contributed by atoms with van der Waals surface area (Å²) < 4.78 is 34.8. The van der Waals surface area contributed by atoms with Crippen LogP contribution in [-0.2, 0) is 10.0 Å². The van der Waals surface area contributed by atoms with Gasteiger partial charge in [0.05, 0.1) is 4.90 Å². The van der Waals surface area contributed by atoms with E-state index in [1.165, 1.54) is 0 Å². The molecule has 0 aliphatic rings. The molecule has 1 heterocycles. The van der Waals surface area contributed by atoms with E-state index in [2.05, 4.69) is 14.9 Å². The van der Waals surface area contributed by atoms with Crippen molar-refractivity contribution < 1.29 is 12.8 Å². The van der Waals surface area contributed by atoms with Gasteiger partial charge in [0.2, 0.25) is 21.8 Å². The van der Waals surface area contributed by atoms with Gasteiger partial charge in [-0.25, -0.2) is 8.42 Å². The largest absolute Gasteiger partial charge is 0.419 e. The Labute approximate surface area is 175 Å². The molecule has 0 bridgehead atoms. The van der Waals surface area contributed by atoms with Crippen LogP contribution in [0.2, 0.25) is 0 Å². The van der Waals surface area contributed by atoms with Crippen LogP contribution in [0.4, 0.5) is 0 Å². The van der Waals surface area contributed by atoms with Gasteiger partial charge in [0.1, 0.15) is 6.04 Å². The van der Waals surface area contributed by atoms with E-state index in [0.29, 0.717) is 11.5 Å². The molecule has 152 valence electrons. The van der Waals surface area contributed by atoms with Crippen molar-refractivity contribution in [3.63, 3.8) is 0 Å². The number of benzene rings is 3. The highest BCUT2D eigenvalue weighted by molar-refractivity contribution is 7.89. The maximum Gasteiger partial charge on any atom is 0.247 e. The molecule has 30 heavy (non-hydrogen) atoms. The minimum Gasteiger partial charge on any atom is -0.419 e. The van der Waals surface area contributed by atoms with Crippen LogP contribution in [0.15, 0.2) is 88.2 Å². The molecule has 0 aliphatic heterocycles. The lowest BCUT2D eigenvalue weighted by molar-refractivity contribution is 0.464. The standard InChI is InChI=1S/C23H21N3O3S/c1-16-13-14-20(15-17(16)2)30(27,28)26-21(18-9-5-3-6-10-18)23-25-24-22(29-23)19-11-7-4-8-12-19/h3-15,21,26H,1-2H3/t21-/m1/s1. The summed E-state index contributed by atoms with van der Waals surface area (Å²) in [4.78, 5) is 0.189. The zero-order valence-corrected chi connectivity index (χ0v) is 17.4. The van der Waals surface area contributed by atoms with E-state index in [0.717, 1.165) is 16.7 Å². The summed E-state index contributed by atoms with van der Waals surface area (Å²) in [6, 6.07) is 22.7. The van der Waals surface area contributed by atoms with E-state index < -0.39 is 16.1 Å². The van der Waals surface area contributed by atoms with Crippen LogP contribution in [0.5, 0.6) is 0 Å². The van der Waals surface area contributed by atoms with Gasteiger partial charge in [0, 0.05) is 5.56 Å². The molecule has 0 fully saturated rings. The lowest BCUT2D eigenvalue weighted by Gasteiger charge is -2.16. The van der Waals surface area contributed by atoms with Gasteiger partial charge in [-0.05, 0) is 54.8 Å². The first-order valence-electron chi connectivity index (χ1n) is 9.47. The van der Waals surface area contributed by atoms with Crippen LogP contribution in [-0.4, -0.2) is 18.6 Å². The Bertz CT molecular complexity index is 1250. The Balaban J connectivity index is 1.73. The van der Waals surface area contributed by atoms with E-state index in [4.69, 9.17) is 4.42 Å². The van der Waals surface area contributed by atoms with E-state index in [1.54, 1.807) is 18.2 Å².